The maximum Gasteiger partial charge on any atom is 0.325 e. The van der Waals surface area contributed by atoms with Crippen molar-refractivity contribution in [3.63, 3.8) is 0 Å². The molecule has 0 aromatic rings. The quantitative estimate of drug-likeness (QED) is 0.502. The molecule has 0 aliphatic heterocycles. The van der Waals surface area contributed by atoms with Crippen molar-refractivity contribution in [2.45, 2.75) is 19.4 Å². The van der Waals surface area contributed by atoms with Crippen molar-refractivity contribution in [3.8, 4) is 0 Å². The van der Waals surface area contributed by atoms with E-state index in [1.165, 1.54) is 0 Å². The first-order chi connectivity index (χ1) is 4.41. The van der Waals surface area contributed by atoms with E-state index in [0.717, 1.165) is 4.31 Å². The fourth-order valence-electron chi connectivity index (χ4n) is 0.365. The van der Waals surface area contributed by atoms with Crippen LogP contribution in [0.3, 0.4) is 0 Å². The fourth-order valence-corrected chi connectivity index (χ4v) is 0.429. The van der Waals surface area contributed by atoms with Crippen LogP contribution in [-0.2, 0) is 0 Å². The molecule has 0 bridgehead atoms. The highest BCUT2D eigenvalue weighted by Crippen LogP contribution is 2.14. The molecule has 5 heteroatoms. The summed E-state index contributed by atoms with van der Waals surface area (Å²) in [6.45, 7) is 3.15. The molecule has 0 fully saturated rings. The third-order valence-corrected chi connectivity index (χ3v) is 1.91. The van der Waals surface area contributed by atoms with Gasteiger partial charge in [-0.25, -0.2) is 4.79 Å². The Labute approximate surface area is 65.5 Å². The van der Waals surface area contributed by atoms with Crippen molar-refractivity contribution in [2.24, 2.45) is 5.73 Å². The molecule has 0 aliphatic carbocycles. The molecule has 0 radical (unpaired) electrons. The van der Waals surface area contributed by atoms with Crippen molar-refractivity contribution >= 4 is 18.8 Å². The first kappa shape index (κ1) is 9.58. The maximum absolute atomic E-state index is 10.5. The van der Waals surface area contributed by atoms with Gasteiger partial charge in [0.1, 0.15) is 0 Å². The number of carbonyl (C=O) groups excluding carboxylic acids is 1. The van der Waals surface area contributed by atoms with Crippen LogP contribution in [0.5, 0.6) is 0 Å². The number of hydrogen-bond acceptors (Lipinski definition) is 3. The van der Waals surface area contributed by atoms with Gasteiger partial charge in [0.25, 0.3) is 0 Å². The summed E-state index contributed by atoms with van der Waals surface area (Å²) in [5.74, 6) is 0. The number of amides is 2. The second-order valence-corrected chi connectivity index (χ2v) is 3.02. The Morgan fingerprint density at radius 3 is 2.30 bits per heavy atom. The topological polar surface area (TPSA) is 66.6 Å². The molecule has 10 heavy (non-hydrogen) atoms. The van der Waals surface area contributed by atoms with Crippen molar-refractivity contribution < 1.29 is 9.90 Å². The second-order valence-electron chi connectivity index (χ2n) is 2.62. The number of primary amides is 1. The summed E-state index contributed by atoms with van der Waals surface area (Å²) in [7, 11) is 0. The molecule has 0 heterocycles. The van der Waals surface area contributed by atoms with Crippen molar-refractivity contribution in [3.05, 3.63) is 0 Å². The molecule has 3 N–H and O–H groups in total. The van der Waals surface area contributed by atoms with Crippen molar-refractivity contribution in [2.75, 3.05) is 6.61 Å². The van der Waals surface area contributed by atoms with Crippen LogP contribution in [-0.4, -0.2) is 27.6 Å². The molecule has 0 aromatic heterocycles. The lowest BCUT2D eigenvalue weighted by Crippen LogP contribution is -2.46. The number of hydrogen-bond donors (Lipinski definition) is 3. The third kappa shape index (κ3) is 2.07. The molecule has 0 saturated heterocycles. The summed E-state index contributed by atoms with van der Waals surface area (Å²) in [6.07, 6.45) is 0. The Bertz CT molecular complexity index is 138. The van der Waals surface area contributed by atoms with Crippen molar-refractivity contribution in [1.29, 1.82) is 0 Å². The minimum atomic E-state index is -0.699. The molecule has 0 rings (SSSR count). The van der Waals surface area contributed by atoms with Gasteiger partial charge in [-0.15, -0.1) is 0 Å². The van der Waals surface area contributed by atoms with E-state index in [4.69, 9.17) is 10.8 Å². The van der Waals surface area contributed by atoms with Crippen molar-refractivity contribution in [1.82, 2.24) is 4.31 Å². The van der Waals surface area contributed by atoms with Gasteiger partial charge in [0.05, 0.1) is 12.1 Å². The van der Waals surface area contributed by atoms with Gasteiger partial charge in [-0.05, 0) is 13.8 Å². The smallest absolute Gasteiger partial charge is 0.325 e. The molecule has 0 atom stereocenters. The highest BCUT2D eigenvalue weighted by Gasteiger charge is 2.25. The number of nitrogens with zero attached hydrogens (tertiary/aromatic N) is 1. The number of aliphatic hydroxyl groups is 1. The summed E-state index contributed by atoms with van der Waals surface area (Å²) in [5.41, 5.74) is 4.20. The number of urea groups is 1. The molecule has 2 amide bonds. The molecule has 0 spiro atoms. The van der Waals surface area contributed by atoms with Gasteiger partial charge < -0.3 is 10.8 Å². The SMILES string of the molecule is CC(C)(CO)N(S)C(N)=O. The van der Waals surface area contributed by atoms with Gasteiger partial charge in [-0.2, -0.15) is 0 Å². The van der Waals surface area contributed by atoms with Gasteiger partial charge in [0.2, 0.25) is 0 Å². The Morgan fingerprint density at radius 1 is 1.80 bits per heavy atom. The number of nitrogens with two attached hydrogens (primary N) is 1. The average Bonchev–Trinajstić information content (AvgIpc) is 1.86. The largest absolute Gasteiger partial charge is 0.394 e. The minimum absolute atomic E-state index is 0.167. The Hall–Kier alpha value is -0.420. The van der Waals surface area contributed by atoms with Crippen LogP contribution in [0.1, 0.15) is 13.8 Å². The van der Waals surface area contributed by atoms with Gasteiger partial charge in [0.15, 0.2) is 0 Å². The summed E-state index contributed by atoms with van der Waals surface area (Å²) < 4.78 is 0.993. The average molecular weight is 164 g/mol. The number of carbonyl (C=O) groups is 1. The molecule has 60 valence electrons. The lowest BCUT2D eigenvalue weighted by atomic mass is 10.1. The van der Waals surface area contributed by atoms with Gasteiger partial charge in [0, 0.05) is 0 Å². The van der Waals surface area contributed by atoms with Crippen LogP contribution < -0.4 is 5.73 Å². The normalized spacial score (nSPS) is 11.2. The lowest BCUT2D eigenvalue weighted by molar-refractivity contribution is 0.141. The van der Waals surface area contributed by atoms with E-state index < -0.39 is 11.6 Å². The zero-order valence-electron chi connectivity index (χ0n) is 6.03. The predicted octanol–water partition coefficient (Wildman–Crippen LogP) is -0.0172. The summed E-state index contributed by atoms with van der Waals surface area (Å²) in [6, 6.07) is -0.664. The highest BCUT2D eigenvalue weighted by atomic mass is 32.1. The van der Waals surface area contributed by atoms with Crippen LogP contribution in [0, 0.1) is 0 Å². The zero-order valence-corrected chi connectivity index (χ0v) is 6.93. The van der Waals surface area contributed by atoms with Crippen LogP contribution in [0.2, 0.25) is 0 Å². The van der Waals surface area contributed by atoms with Gasteiger partial charge in [-0.1, -0.05) is 12.8 Å². The van der Waals surface area contributed by atoms with E-state index in [9.17, 15) is 4.79 Å². The molecular formula is C5H12N2O2S. The maximum atomic E-state index is 10.5. The van der Waals surface area contributed by atoms with Crippen LogP contribution in [0.4, 0.5) is 4.79 Å². The molecular weight excluding hydrogens is 152 g/mol. The highest BCUT2D eigenvalue weighted by molar-refractivity contribution is 7.78. The number of rotatable bonds is 2. The Kier molecular flexibility index (Phi) is 2.98. The van der Waals surface area contributed by atoms with E-state index in [1.54, 1.807) is 13.8 Å². The Balaban J connectivity index is 4.17. The monoisotopic (exact) mass is 164 g/mol. The van der Waals surface area contributed by atoms with Gasteiger partial charge in [-0.3, -0.25) is 4.31 Å². The van der Waals surface area contributed by atoms with E-state index >= 15 is 0 Å². The molecule has 0 unspecified atom stereocenters. The zero-order chi connectivity index (χ0) is 8.36. The van der Waals surface area contributed by atoms with Crippen LogP contribution in [0.25, 0.3) is 0 Å². The van der Waals surface area contributed by atoms with Crippen LogP contribution in [0.15, 0.2) is 0 Å². The molecule has 0 aromatic carbocycles. The lowest BCUT2D eigenvalue weighted by Gasteiger charge is -2.30. The Morgan fingerprint density at radius 2 is 2.20 bits per heavy atom. The van der Waals surface area contributed by atoms with Gasteiger partial charge >= 0.3 is 6.03 Å². The van der Waals surface area contributed by atoms with E-state index in [2.05, 4.69) is 12.8 Å². The third-order valence-electron chi connectivity index (χ3n) is 1.17. The number of aliphatic hydroxyl groups excluding tert-OH is 1. The van der Waals surface area contributed by atoms with E-state index in [1.807, 2.05) is 0 Å². The minimum Gasteiger partial charge on any atom is -0.394 e. The van der Waals surface area contributed by atoms with E-state index in [-0.39, 0.29) is 6.61 Å². The number of thiol groups is 1. The second kappa shape index (κ2) is 3.12. The summed E-state index contributed by atoms with van der Waals surface area (Å²) in [5, 5.41) is 8.72. The standard InChI is InChI=1S/C5H12N2O2S/c1-5(2,3-8)7(10)4(6)9/h8,10H,3H2,1-2H3,(H2,6,9). The molecule has 4 nitrogen and oxygen atoms in total. The molecule has 0 aliphatic rings. The van der Waals surface area contributed by atoms with E-state index in [0.29, 0.717) is 0 Å². The fraction of sp³-hybridized carbons (Fsp3) is 0.800. The molecule has 0 saturated carbocycles. The first-order valence-electron chi connectivity index (χ1n) is 2.81. The van der Waals surface area contributed by atoms with Crippen LogP contribution >= 0.6 is 12.8 Å². The predicted molar refractivity (Wildman–Crippen MR) is 41.6 cm³/mol. The summed E-state index contributed by atoms with van der Waals surface area (Å²) in [4.78, 5) is 10.5. The first-order valence-corrected chi connectivity index (χ1v) is 3.21. The summed E-state index contributed by atoms with van der Waals surface area (Å²) >= 11 is 3.78.